The molecule has 0 radical (unpaired) electrons. The lowest BCUT2D eigenvalue weighted by molar-refractivity contribution is 0.574. The molecule has 0 aliphatic heterocycles. The van der Waals surface area contributed by atoms with Gasteiger partial charge in [-0.05, 0) is 0 Å². The van der Waals surface area contributed by atoms with Gasteiger partial charge in [0.05, 0.1) is 6.07 Å². The third-order valence-corrected chi connectivity index (χ3v) is 0.628. The van der Waals surface area contributed by atoms with Crippen LogP contribution in [-0.4, -0.2) is 8.76 Å². The Kier molecular flexibility index (Phi) is 3.19. The second-order valence-corrected chi connectivity index (χ2v) is 1.53. The summed E-state index contributed by atoms with van der Waals surface area (Å²) in [6.45, 7) is 0. The molecule has 0 rings (SSSR count). The van der Waals surface area contributed by atoms with Gasteiger partial charge in [0.15, 0.2) is 11.1 Å². The standard InChI is InChI=1S/C3H3NO2S/c4-2-1-3-7(5)6/h1,3H,(H,5,6). The van der Waals surface area contributed by atoms with Crippen molar-refractivity contribution in [2.24, 2.45) is 0 Å². The predicted molar refractivity (Wildman–Crippen MR) is 25.5 cm³/mol. The van der Waals surface area contributed by atoms with Crippen LogP contribution in [0.3, 0.4) is 0 Å². The lowest BCUT2D eigenvalue weighted by Crippen LogP contribution is -1.73. The summed E-state index contributed by atoms with van der Waals surface area (Å²) < 4.78 is 17.5. The summed E-state index contributed by atoms with van der Waals surface area (Å²) in [4.78, 5) is 0. The van der Waals surface area contributed by atoms with Crippen LogP contribution >= 0.6 is 0 Å². The predicted octanol–water partition coefficient (Wildman–Crippen LogP) is 0.245. The number of rotatable bonds is 1. The molecule has 0 aliphatic rings. The van der Waals surface area contributed by atoms with E-state index in [9.17, 15) is 4.21 Å². The van der Waals surface area contributed by atoms with Crippen LogP contribution in [0.5, 0.6) is 0 Å². The van der Waals surface area contributed by atoms with Crippen LogP contribution in [0, 0.1) is 11.3 Å². The monoisotopic (exact) mass is 117 g/mol. The van der Waals surface area contributed by atoms with Gasteiger partial charge < -0.3 is 4.55 Å². The molecule has 3 nitrogen and oxygen atoms in total. The molecule has 0 aromatic carbocycles. The molecule has 0 aliphatic carbocycles. The molecule has 0 saturated heterocycles. The molecule has 7 heavy (non-hydrogen) atoms. The molecular formula is C3H3NO2S. The second-order valence-electron chi connectivity index (χ2n) is 0.708. The van der Waals surface area contributed by atoms with Gasteiger partial charge in [0.1, 0.15) is 0 Å². The van der Waals surface area contributed by atoms with E-state index in [1.54, 1.807) is 6.07 Å². The molecule has 0 heterocycles. The summed E-state index contributed by atoms with van der Waals surface area (Å²) in [6.07, 6.45) is 0.954. The summed E-state index contributed by atoms with van der Waals surface area (Å²) in [6, 6.07) is 1.57. The van der Waals surface area contributed by atoms with E-state index in [-0.39, 0.29) is 0 Å². The molecule has 0 fully saturated rings. The normalized spacial score (nSPS) is 13.7. The van der Waals surface area contributed by atoms with Crippen LogP contribution in [0.25, 0.3) is 0 Å². The van der Waals surface area contributed by atoms with Crippen LogP contribution in [0.15, 0.2) is 11.5 Å². The highest BCUT2D eigenvalue weighted by atomic mass is 32.2. The minimum absolute atomic E-state index is 0.889. The van der Waals surface area contributed by atoms with Crippen molar-refractivity contribution >= 4 is 11.1 Å². The Balaban J connectivity index is 3.53. The summed E-state index contributed by atoms with van der Waals surface area (Å²) in [5.74, 6) is 0. The fraction of sp³-hybridized carbons (Fsp3) is 0. The summed E-state index contributed by atoms with van der Waals surface area (Å²) in [5.41, 5.74) is 0. The Hall–Kier alpha value is -0.660. The molecule has 0 saturated carbocycles. The highest BCUT2D eigenvalue weighted by molar-refractivity contribution is 7.82. The molecule has 4 heteroatoms. The topological polar surface area (TPSA) is 61.1 Å². The molecule has 1 unspecified atom stereocenters. The third kappa shape index (κ3) is 5.34. The first kappa shape index (κ1) is 6.34. The average molecular weight is 117 g/mol. The highest BCUT2D eigenvalue weighted by Crippen LogP contribution is 1.72. The first-order valence-corrected chi connectivity index (χ1v) is 2.60. The van der Waals surface area contributed by atoms with Gasteiger partial charge in [0, 0.05) is 11.5 Å². The first-order valence-electron chi connectivity index (χ1n) is 1.43. The highest BCUT2D eigenvalue weighted by Gasteiger charge is 1.74. The molecule has 0 aromatic rings. The van der Waals surface area contributed by atoms with E-state index in [4.69, 9.17) is 9.81 Å². The van der Waals surface area contributed by atoms with Gasteiger partial charge in [-0.1, -0.05) is 0 Å². The van der Waals surface area contributed by atoms with Gasteiger partial charge in [0.2, 0.25) is 0 Å². The van der Waals surface area contributed by atoms with Crippen molar-refractivity contribution < 1.29 is 8.76 Å². The van der Waals surface area contributed by atoms with E-state index in [1.165, 1.54) is 0 Å². The largest absolute Gasteiger partial charge is 0.303 e. The Morgan fingerprint density at radius 2 is 2.43 bits per heavy atom. The molecule has 1 atom stereocenters. The van der Waals surface area contributed by atoms with Crippen LogP contribution in [0.2, 0.25) is 0 Å². The van der Waals surface area contributed by atoms with Crippen LogP contribution in [-0.2, 0) is 11.1 Å². The molecule has 0 bridgehead atoms. The zero-order valence-corrected chi connectivity index (χ0v) is 4.18. The van der Waals surface area contributed by atoms with Gasteiger partial charge >= 0.3 is 0 Å². The van der Waals surface area contributed by atoms with Gasteiger partial charge in [-0.3, -0.25) is 0 Å². The molecule has 0 aromatic heterocycles. The number of hydrogen-bond donors (Lipinski definition) is 1. The smallest absolute Gasteiger partial charge is 0.179 e. The van der Waals surface area contributed by atoms with E-state index in [0.717, 1.165) is 11.5 Å². The van der Waals surface area contributed by atoms with E-state index in [0.29, 0.717) is 0 Å². The van der Waals surface area contributed by atoms with Gasteiger partial charge in [-0.15, -0.1) is 0 Å². The Labute approximate surface area is 43.5 Å². The van der Waals surface area contributed by atoms with Crippen molar-refractivity contribution in [3.8, 4) is 6.07 Å². The Morgan fingerprint density at radius 3 is 2.57 bits per heavy atom. The van der Waals surface area contributed by atoms with E-state index >= 15 is 0 Å². The summed E-state index contributed by atoms with van der Waals surface area (Å²) in [5, 5.41) is 8.62. The summed E-state index contributed by atoms with van der Waals surface area (Å²) >= 11 is -1.97. The van der Waals surface area contributed by atoms with Gasteiger partial charge in [0.25, 0.3) is 0 Å². The number of hydrogen-bond acceptors (Lipinski definition) is 2. The quantitative estimate of drug-likeness (QED) is 0.395. The van der Waals surface area contributed by atoms with Crippen molar-refractivity contribution in [1.29, 1.82) is 5.26 Å². The lowest BCUT2D eigenvalue weighted by atomic mass is 10.7. The van der Waals surface area contributed by atoms with Crippen molar-refractivity contribution in [3.63, 3.8) is 0 Å². The third-order valence-electron chi connectivity index (χ3n) is 0.259. The van der Waals surface area contributed by atoms with E-state index in [2.05, 4.69) is 0 Å². The molecule has 38 valence electrons. The van der Waals surface area contributed by atoms with Crippen LogP contribution < -0.4 is 0 Å². The second kappa shape index (κ2) is 3.53. The fourth-order valence-electron chi connectivity index (χ4n) is 0.0886. The zero-order chi connectivity index (χ0) is 5.70. The maximum absolute atomic E-state index is 9.63. The van der Waals surface area contributed by atoms with Crippen molar-refractivity contribution in [2.75, 3.05) is 0 Å². The van der Waals surface area contributed by atoms with E-state index < -0.39 is 11.1 Å². The number of nitriles is 1. The van der Waals surface area contributed by atoms with Crippen LogP contribution in [0.1, 0.15) is 0 Å². The maximum Gasteiger partial charge on any atom is 0.179 e. The Morgan fingerprint density at radius 1 is 1.86 bits per heavy atom. The van der Waals surface area contributed by atoms with E-state index in [1.807, 2.05) is 0 Å². The SMILES string of the molecule is N#CC=CS(=O)O. The fourth-order valence-corrected chi connectivity index (χ4v) is 0.266. The van der Waals surface area contributed by atoms with Gasteiger partial charge in [-0.25, -0.2) is 4.21 Å². The minimum Gasteiger partial charge on any atom is -0.303 e. The molecule has 0 spiro atoms. The molecule has 0 amide bonds. The zero-order valence-electron chi connectivity index (χ0n) is 3.37. The number of nitrogens with zero attached hydrogens (tertiary/aromatic N) is 1. The molecule has 1 N–H and O–H groups in total. The number of allylic oxidation sites excluding steroid dienone is 1. The van der Waals surface area contributed by atoms with Gasteiger partial charge in [-0.2, -0.15) is 5.26 Å². The Bertz CT molecular complexity index is 134. The molecular weight excluding hydrogens is 114 g/mol. The minimum atomic E-state index is -1.97. The van der Waals surface area contributed by atoms with Crippen molar-refractivity contribution in [1.82, 2.24) is 0 Å². The van der Waals surface area contributed by atoms with Crippen LogP contribution in [0.4, 0.5) is 0 Å². The average Bonchev–Trinajstić information content (AvgIpc) is 1.61. The lowest BCUT2D eigenvalue weighted by Gasteiger charge is -1.68. The van der Waals surface area contributed by atoms with Crippen molar-refractivity contribution in [3.05, 3.63) is 11.5 Å². The summed E-state index contributed by atoms with van der Waals surface area (Å²) in [7, 11) is 0. The van der Waals surface area contributed by atoms with Crippen molar-refractivity contribution in [2.45, 2.75) is 0 Å². The maximum atomic E-state index is 9.63. The first-order chi connectivity index (χ1) is 3.27.